The van der Waals surface area contributed by atoms with E-state index >= 15 is 0 Å². The molecule has 1 aromatic rings. The van der Waals surface area contributed by atoms with Crippen LogP contribution in [0.3, 0.4) is 0 Å². The zero-order valence-corrected chi connectivity index (χ0v) is 11.5. The number of halogens is 1. The number of carboxylic acid groups (broad SMARTS) is 1. The fourth-order valence-electron chi connectivity index (χ4n) is 1.37. The van der Waals surface area contributed by atoms with E-state index < -0.39 is 27.4 Å². The summed E-state index contributed by atoms with van der Waals surface area (Å²) >= 11 is 0. The molecule has 0 bridgehead atoms. The maximum atomic E-state index is 13.1. The van der Waals surface area contributed by atoms with Gasteiger partial charge in [0, 0.05) is 5.69 Å². The zero-order chi connectivity index (χ0) is 14.6. The van der Waals surface area contributed by atoms with Crippen LogP contribution in [-0.2, 0) is 10.0 Å². The minimum absolute atomic E-state index is 0.0440. The highest BCUT2D eigenvalue weighted by Gasteiger charge is 2.15. The van der Waals surface area contributed by atoms with Crippen molar-refractivity contribution in [2.24, 2.45) is 5.92 Å². The lowest BCUT2D eigenvalue weighted by Gasteiger charge is -2.10. The van der Waals surface area contributed by atoms with Gasteiger partial charge in [-0.15, -0.1) is 0 Å². The number of benzene rings is 1. The van der Waals surface area contributed by atoms with Crippen LogP contribution in [0, 0.1) is 11.7 Å². The normalized spacial score (nSPS) is 11.6. The van der Waals surface area contributed by atoms with Crippen LogP contribution in [-0.4, -0.2) is 25.2 Å². The van der Waals surface area contributed by atoms with E-state index in [1.54, 1.807) is 0 Å². The highest BCUT2D eigenvalue weighted by Crippen LogP contribution is 2.16. The van der Waals surface area contributed by atoms with Crippen molar-refractivity contribution in [2.45, 2.75) is 20.3 Å². The van der Waals surface area contributed by atoms with Gasteiger partial charge >= 0.3 is 5.97 Å². The average Bonchev–Trinajstić information content (AvgIpc) is 2.28. The van der Waals surface area contributed by atoms with Crippen molar-refractivity contribution < 1.29 is 22.7 Å². The number of carboxylic acids is 1. The second-order valence-electron chi connectivity index (χ2n) is 4.60. The summed E-state index contributed by atoms with van der Waals surface area (Å²) in [5, 5.41) is 8.75. The minimum atomic E-state index is -3.55. The van der Waals surface area contributed by atoms with Crippen molar-refractivity contribution in [1.29, 1.82) is 0 Å². The molecule has 0 aromatic heterocycles. The maximum absolute atomic E-state index is 13.1. The summed E-state index contributed by atoms with van der Waals surface area (Å²) in [7, 11) is -3.55. The molecule has 1 rings (SSSR count). The number of rotatable bonds is 6. The Morgan fingerprint density at radius 1 is 1.42 bits per heavy atom. The van der Waals surface area contributed by atoms with Gasteiger partial charge in [0.15, 0.2) is 0 Å². The Hall–Kier alpha value is -1.63. The molecule has 0 amide bonds. The van der Waals surface area contributed by atoms with E-state index in [0.717, 1.165) is 12.1 Å². The Bertz CT molecular complexity index is 569. The Labute approximate surface area is 111 Å². The summed E-state index contributed by atoms with van der Waals surface area (Å²) in [6.07, 6.45) is 0.488. The van der Waals surface area contributed by atoms with Crippen LogP contribution < -0.4 is 4.72 Å². The highest BCUT2D eigenvalue weighted by molar-refractivity contribution is 7.92. The molecule has 0 aliphatic carbocycles. The molecule has 0 aliphatic heterocycles. The fourth-order valence-corrected chi connectivity index (χ4v) is 2.74. The Balaban J connectivity index is 2.88. The minimum Gasteiger partial charge on any atom is -0.478 e. The summed E-state index contributed by atoms with van der Waals surface area (Å²) in [6.45, 7) is 3.80. The molecular weight excluding hydrogens is 273 g/mol. The quantitative estimate of drug-likeness (QED) is 0.841. The van der Waals surface area contributed by atoms with Crippen molar-refractivity contribution in [3.63, 3.8) is 0 Å². The van der Waals surface area contributed by atoms with Crippen LogP contribution in [0.2, 0.25) is 0 Å². The van der Waals surface area contributed by atoms with Crippen LogP contribution in [0.15, 0.2) is 18.2 Å². The SMILES string of the molecule is CC(C)CCS(=O)(=O)Nc1ccc(F)c(C(=O)O)c1. The summed E-state index contributed by atoms with van der Waals surface area (Å²) in [6, 6.07) is 3.07. The molecule has 0 saturated heterocycles. The number of nitrogens with one attached hydrogen (secondary N) is 1. The maximum Gasteiger partial charge on any atom is 0.338 e. The molecule has 0 heterocycles. The lowest BCUT2D eigenvalue weighted by molar-refractivity contribution is 0.0692. The smallest absolute Gasteiger partial charge is 0.338 e. The second-order valence-corrected chi connectivity index (χ2v) is 6.45. The second kappa shape index (κ2) is 6.01. The van der Waals surface area contributed by atoms with E-state index in [-0.39, 0.29) is 17.4 Å². The number of carbonyl (C=O) groups is 1. The Morgan fingerprint density at radius 2 is 2.05 bits per heavy atom. The number of hydrogen-bond acceptors (Lipinski definition) is 3. The predicted molar refractivity (Wildman–Crippen MR) is 70.2 cm³/mol. The van der Waals surface area contributed by atoms with Crippen molar-refractivity contribution in [1.82, 2.24) is 0 Å². The summed E-state index contributed by atoms with van der Waals surface area (Å²) in [5.74, 6) is -2.18. The molecule has 0 saturated carbocycles. The van der Waals surface area contributed by atoms with Crippen LogP contribution in [0.25, 0.3) is 0 Å². The predicted octanol–water partition coefficient (Wildman–Crippen LogP) is 2.31. The van der Waals surface area contributed by atoms with Gasteiger partial charge in [0.05, 0.1) is 11.3 Å². The van der Waals surface area contributed by atoms with Gasteiger partial charge in [-0.3, -0.25) is 4.72 Å². The molecule has 106 valence electrons. The molecule has 0 fully saturated rings. The number of anilines is 1. The third kappa shape index (κ3) is 4.86. The number of sulfonamides is 1. The van der Waals surface area contributed by atoms with E-state index in [0.29, 0.717) is 6.42 Å². The molecular formula is C12H16FNO4S. The lowest BCUT2D eigenvalue weighted by Crippen LogP contribution is -2.18. The van der Waals surface area contributed by atoms with Gasteiger partial charge in [0.2, 0.25) is 10.0 Å². The monoisotopic (exact) mass is 289 g/mol. The van der Waals surface area contributed by atoms with Gasteiger partial charge < -0.3 is 5.11 Å². The van der Waals surface area contributed by atoms with Gasteiger partial charge in [-0.2, -0.15) is 0 Å². The van der Waals surface area contributed by atoms with Crippen molar-refractivity contribution in [3.05, 3.63) is 29.6 Å². The molecule has 0 radical (unpaired) electrons. The molecule has 0 atom stereocenters. The third-order valence-electron chi connectivity index (χ3n) is 2.43. The summed E-state index contributed by atoms with van der Waals surface area (Å²) in [4.78, 5) is 10.7. The summed E-state index contributed by atoms with van der Waals surface area (Å²) < 4.78 is 38.8. The molecule has 19 heavy (non-hydrogen) atoms. The van der Waals surface area contributed by atoms with Gasteiger partial charge in [-0.25, -0.2) is 17.6 Å². The topological polar surface area (TPSA) is 83.5 Å². The van der Waals surface area contributed by atoms with Crippen molar-refractivity contribution in [3.8, 4) is 0 Å². The Morgan fingerprint density at radius 3 is 2.58 bits per heavy atom. The molecule has 1 aromatic carbocycles. The number of aromatic carboxylic acids is 1. The largest absolute Gasteiger partial charge is 0.478 e. The first-order valence-corrected chi connectivity index (χ1v) is 7.40. The molecule has 0 unspecified atom stereocenters. The molecule has 0 aliphatic rings. The van der Waals surface area contributed by atoms with Gasteiger partial charge in [0.25, 0.3) is 0 Å². The standard InChI is InChI=1S/C12H16FNO4S/c1-8(2)5-6-19(17,18)14-9-3-4-11(13)10(7-9)12(15)16/h3-4,7-8,14H,5-6H2,1-2H3,(H,15,16). The van der Waals surface area contributed by atoms with Crippen LogP contribution in [0.5, 0.6) is 0 Å². The molecule has 7 heteroatoms. The molecule has 0 spiro atoms. The lowest BCUT2D eigenvalue weighted by atomic mass is 10.2. The van der Waals surface area contributed by atoms with Gasteiger partial charge in [-0.1, -0.05) is 13.8 Å². The van der Waals surface area contributed by atoms with E-state index in [4.69, 9.17) is 5.11 Å². The fraction of sp³-hybridized carbons (Fsp3) is 0.417. The van der Waals surface area contributed by atoms with Crippen molar-refractivity contribution in [2.75, 3.05) is 10.5 Å². The summed E-state index contributed by atoms with van der Waals surface area (Å²) in [5.41, 5.74) is -0.522. The van der Waals surface area contributed by atoms with Crippen LogP contribution >= 0.6 is 0 Å². The van der Waals surface area contributed by atoms with Crippen molar-refractivity contribution >= 4 is 21.7 Å². The first-order valence-electron chi connectivity index (χ1n) is 5.74. The highest BCUT2D eigenvalue weighted by atomic mass is 32.2. The van der Waals surface area contributed by atoms with Crippen LogP contribution in [0.1, 0.15) is 30.6 Å². The van der Waals surface area contributed by atoms with Crippen LogP contribution in [0.4, 0.5) is 10.1 Å². The zero-order valence-electron chi connectivity index (χ0n) is 10.7. The van der Waals surface area contributed by atoms with E-state index in [9.17, 15) is 17.6 Å². The third-order valence-corrected chi connectivity index (χ3v) is 3.75. The number of hydrogen-bond donors (Lipinski definition) is 2. The van der Waals surface area contributed by atoms with E-state index in [1.807, 2.05) is 13.8 Å². The van der Waals surface area contributed by atoms with E-state index in [1.165, 1.54) is 6.07 Å². The Kier molecular flexibility index (Phi) is 4.88. The van der Waals surface area contributed by atoms with Gasteiger partial charge in [0.1, 0.15) is 5.82 Å². The molecule has 5 nitrogen and oxygen atoms in total. The average molecular weight is 289 g/mol. The first kappa shape index (κ1) is 15.4. The first-order chi connectivity index (χ1) is 8.71. The molecule has 2 N–H and O–H groups in total. The van der Waals surface area contributed by atoms with E-state index in [2.05, 4.69) is 4.72 Å². The van der Waals surface area contributed by atoms with Gasteiger partial charge in [-0.05, 0) is 30.5 Å².